The van der Waals surface area contributed by atoms with E-state index in [4.69, 9.17) is 11.6 Å². The molecule has 14 heavy (non-hydrogen) atoms. The fourth-order valence-electron chi connectivity index (χ4n) is 1.13. The lowest BCUT2D eigenvalue weighted by atomic mass is 10.1. The quantitative estimate of drug-likeness (QED) is 0.695. The first-order valence-electron chi connectivity index (χ1n) is 4.56. The highest BCUT2D eigenvalue weighted by atomic mass is 35.5. The van der Waals surface area contributed by atoms with Crippen molar-refractivity contribution in [3.8, 4) is 0 Å². The topological polar surface area (TPSA) is 55.4 Å². The van der Waals surface area contributed by atoms with Gasteiger partial charge in [0.05, 0.1) is 13.0 Å². The number of alkyl halides is 1. The minimum Gasteiger partial charge on any atom is -0.453 e. The monoisotopic (exact) mass is 221 g/mol. The van der Waals surface area contributed by atoms with Crippen LogP contribution in [0.3, 0.4) is 0 Å². The zero-order valence-electron chi connectivity index (χ0n) is 8.51. The standard InChI is InChI=1S/C9H16ClNO3/c1-3-4-7(5-8(12)6-10)11-9(13)14-2/h7H,3-6H2,1-2H3,(H,11,13). The van der Waals surface area contributed by atoms with E-state index in [1.54, 1.807) is 0 Å². The van der Waals surface area contributed by atoms with Crippen LogP contribution < -0.4 is 5.32 Å². The van der Waals surface area contributed by atoms with E-state index < -0.39 is 6.09 Å². The van der Waals surface area contributed by atoms with Crippen molar-refractivity contribution in [1.29, 1.82) is 0 Å². The van der Waals surface area contributed by atoms with Gasteiger partial charge in [-0.25, -0.2) is 4.79 Å². The molecule has 0 aliphatic rings. The number of rotatable bonds is 6. The summed E-state index contributed by atoms with van der Waals surface area (Å²) in [6, 6.07) is -0.168. The Labute approximate surface area is 88.9 Å². The van der Waals surface area contributed by atoms with Gasteiger partial charge < -0.3 is 10.1 Å². The maximum atomic E-state index is 11.0. The minimum absolute atomic E-state index is 0.0108. The van der Waals surface area contributed by atoms with Crippen molar-refractivity contribution in [2.24, 2.45) is 0 Å². The number of methoxy groups -OCH3 is 1. The molecule has 1 atom stereocenters. The van der Waals surface area contributed by atoms with Gasteiger partial charge in [-0.15, -0.1) is 11.6 Å². The largest absolute Gasteiger partial charge is 0.453 e. The number of ether oxygens (including phenoxy) is 1. The van der Waals surface area contributed by atoms with Crippen molar-refractivity contribution in [3.05, 3.63) is 0 Å². The molecule has 0 rings (SSSR count). The molecule has 4 nitrogen and oxygen atoms in total. The van der Waals surface area contributed by atoms with Gasteiger partial charge in [-0.1, -0.05) is 13.3 Å². The van der Waals surface area contributed by atoms with Gasteiger partial charge in [0.15, 0.2) is 0 Å². The smallest absolute Gasteiger partial charge is 0.407 e. The molecule has 0 aromatic rings. The van der Waals surface area contributed by atoms with E-state index >= 15 is 0 Å². The van der Waals surface area contributed by atoms with Crippen LogP contribution in [-0.2, 0) is 9.53 Å². The zero-order chi connectivity index (χ0) is 11.0. The van der Waals surface area contributed by atoms with E-state index in [1.807, 2.05) is 6.92 Å². The van der Waals surface area contributed by atoms with E-state index in [1.165, 1.54) is 7.11 Å². The summed E-state index contributed by atoms with van der Waals surface area (Å²) in [7, 11) is 1.29. The zero-order valence-corrected chi connectivity index (χ0v) is 9.26. The molecular weight excluding hydrogens is 206 g/mol. The lowest BCUT2D eigenvalue weighted by Crippen LogP contribution is -2.36. The Morgan fingerprint density at radius 3 is 2.57 bits per heavy atom. The number of halogens is 1. The van der Waals surface area contributed by atoms with Crippen molar-refractivity contribution in [1.82, 2.24) is 5.32 Å². The fourth-order valence-corrected chi connectivity index (χ4v) is 1.24. The van der Waals surface area contributed by atoms with Crippen LogP contribution in [0.2, 0.25) is 0 Å². The molecule has 0 spiro atoms. The first-order valence-corrected chi connectivity index (χ1v) is 5.09. The molecule has 0 radical (unpaired) electrons. The van der Waals surface area contributed by atoms with Crippen molar-refractivity contribution >= 4 is 23.5 Å². The van der Waals surface area contributed by atoms with Crippen molar-refractivity contribution < 1.29 is 14.3 Å². The lowest BCUT2D eigenvalue weighted by molar-refractivity contribution is -0.117. The van der Waals surface area contributed by atoms with Crippen LogP contribution in [0.25, 0.3) is 0 Å². The Kier molecular flexibility index (Phi) is 7.20. The van der Waals surface area contributed by atoms with Crippen LogP contribution in [0.1, 0.15) is 26.2 Å². The molecule has 0 heterocycles. The fraction of sp³-hybridized carbons (Fsp3) is 0.778. The molecule has 0 fully saturated rings. The van der Waals surface area contributed by atoms with Crippen LogP contribution in [0.5, 0.6) is 0 Å². The van der Waals surface area contributed by atoms with Crippen LogP contribution >= 0.6 is 11.6 Å². The number of carbonyl (C=O) groups excluding carboxylic acids is 2. The molecule has 1 amide bonds. The molecule has 0 aliphatic heterocycles. The van der Waals surface area contributed by atoms with Crippen molar-refractivity contribution in [3.63, 3.8) is 0 Å². The van der Waals surface area contributed by atoms with Crippen LogP contribution in [-0.4, -0.2) is 30.9 Å². The molecule has 0 aromatic heterocycles. The summed E-state index contributed by atoms with van der Waals surface area (Å²) in [6.45, 7) is 1.98. The summed E-state index contributed by atoms with van der Waals surface area (Å²) >= 11 is 5.37. The molecular formula is C9H16ClNO3. The summed E-state index contributed by atoms with van der Waals surface area (Å²) in [5, 5.41) is 2.59. The Bertz CT molecular complexity index is 178. The molecule has 1 N–H and O–H groups in total. The van der Waals surface area contributed by atoms with Crippen molar-refractivity contribution in [2.45, 2.75) is 32.2 Å². The normalized spacial score (nSPS) is 11.9. The Balaban J connectivity index is 4.00. The van der Waals surface area contributed by atoms with Gasteiger partial charge in [-0.05, 0) is 6.42 Å². The third kappa shape index (κ3) is 5.80. The maximum Gasteiger partial charge on any atom is 0.407 e. The Morgan fingerprint density at radius 1 is 1.50 bits per heavy atom. The van der Waals surface area contributed by atoms with Gasteiger partial charge in [0.25, 0.3) is 0 Å². The second-order valence-electron chi connectivity index (χ2n) is 3.00. The molecule has 5 heteroatoms. The lowest BCUT2D eigenvalue weighted by Gasteiger charge is -2.15. The van der Waals surface area contributed by atoms with Gasteiger partial charge in [-0.2, -0.15) is 0 Å². The van der Waals surface area contributed by atoms with Gasteiger partial charge in [0.1, 0.15) is 5.78 Å². The van der Waals surface area contributed by atoms with Gasteiger partial charge >= 0.3 is 6.09 Å². The average molecular weight is 222 g/mol. The molecule has 82 valence electrons. The summed E-state index contributed by atoms with van der Waals surface area (Å²) < 4.78 is 4.45. The van der Waals surface area contributed by atoms with Crippen LogP contribution in [0.15, 0.2) is 0 Å². The molecule has 0 aliphatic carbocycles. The highest BCUT2D eigenvalue weighted by Crippen LogP contribution is 2.03. The Morgan fingerprint density at radius 2 is 2.14 bits per heavy atom. The van der Waals surface area contributed by atoms with Crippen molar-refractivity contribution in [2.75, 3.05) is 13.0 Å². The summed E-state index contributed by atoms with van der Waals surface area (Å²) in [5.41, 5.74) is 0. The van der Waals surface area contributed by atoms with Crippen LogP contribution in [0.4, 0.5) is 4.79 Å². The van der Waals surface area contributed by atoms with Crippen LogP contribution in [0, 0.1) is 0 Å². The highest BCUT2D eigenvalue weighted by Gasteiger charge is 2.14. The molecule has 0 saturated carbocycles. The number of alkyl carbamates (subject to hydrolysis) is 1. The highest BCUT2D eigenvalue weighted by molar-refractivity contribution is 6.27. The number of carbonyl (C=O) groups is 2. The number of Topliss-reactive ketones (excluding diaryl/α,β-unsaturated/α-hetero) is 1. The molecule has 0 aromatic carbocycles. The van der Waals surface area contributed by atoms with Gasteiger partial charge in [0, 0.05) is 12.5 Å². The van der Waals surface area contributed by atoms with E-state index in [9.17, 15) is 9.59 Å². The SMILES string of the molecule is CCCC(CC(=O)CCl)NC(=O)OC. The van der Waals surface area contributed by atoms with E-state index in [2.05, 4.69) is 10.1 Å². The second kappa shape index (κ2) is 7.62. The molecule has 0 bridgehead atoms. The Hall–Kier alpha value is -0.770. The molecule has 1 unspecified atom stereocenters. The average Bonchev–Trinajstić information content (AvgIpc) is 2.17. The number of ketones is 1. The summed E-state index contributed by atoms with van der Waals surface area (Å²) in [4.78, 5) is 21.9. The maximum absolute atomic E-state index is 11.0. The predicted molar refractivity (Wildman–Crippen MR) is 54.6 cm³/mol. The van der Waals surface area contributed by atoms with E-state index in [0.29, 0.717) is 0 Å². The third-order valence-corrected chi connectivity index (χ3v) is 2.07. The number of nitrogens with one attached hydrogen (secondary N) is 1. The number of hydrogen-bond donors (Lipinski definition) is 1. The first kappa shape index (κ1) is 13.2. The predicted octanol–water partition coefficient (Wildman–Crippen LogP) is 1.71. The molecule has 0 saturated heterocycles. The number of amides is 1. The van der Waals surface area contributed by atoms with E-state index in [0.717, 1.165) is 12.8 Å². The first-order chi connectivity index (χ1) is 6.63. The summed E-state index contributed by atoms with van der Waals surface area (Å²) in [5.74, 6) is -0.0789. The summed E-state index contributed by atoms with van der Waals surface area (Å²) in [6.07, 6.45) is 1.40. The number of hydrogen-bond acceptors (Lipinski definition) is 3. The van der Waals surface area contributed by atoms with Gasteiger partial charge in [0.2, 0.25) is 0 Å². The third-order valence-electron chi connectivity index (χ3n) is 1.77. The minimum atomic E-state index is -0.508. The van der Waals surface area contributed by atoms with E-state index in [-0.39, 0.29) is 24.1 Å². The second-order valence-corrected chi connectivity index (χ2v) is 3.27. The van der Waals surface area contributed by atoms with Gasteiger partial charge in [-0.3, -0.25) is 4.79 Å².